The van der Waals surface area contributed by atoms with Crippen molar-refractivity contribution in [2.45, 2.75) is 25.8 Å². The Morgan fingerprint density at radius 2 is 2.15 bits per heavy atom. The highest BCUT2D eigenvalue weighted by atomic mass is 16.1. The van der Waals surface area contributed by atoms with Gasteiger partial charge in [0.25, 0.3) is 0 Å². The fourth-order valence-electron chi connectivity index (χ4n) is 1.04. The molecule has 0 spiro atoms. The van der Waals surface area contributed by atoms with Gasteiger partial charge in [-0.25, -0.2) is 0 Å². The average Bonchev–Trinajstić information content (AvgIpc) is 2.11. The number of nitrogens with two attached hydrogens (primary N) is 2. The van der Waals surface area contributed by atoms with E-state index in [1.807, 2.05) is 6.92 Å². The Morgan fingerprint density at radius 3 is 2.54 bits per heavy atom. The van der Waals surface area contributed by atoms with E-state index in [1.54, 1.807) is 7.05 Å². The van der Waals surface area contributed by atoms with Crippen molar-refractivity contribution in [2.24, 2.45) is 16.5 Å². The minimum absolute atomic E-state index is 0.0683. The van der Waals surface area contributed by atoms with Gasteiger partial charge in [-0.3, -0.25) is 9.79 Å². The zero-order chi connectivity index (χ0) is 10.3. The Bertz CT molecular complexity index is 187. The largest absolute Gasteiger partial charge is 0.370 e. The minimum atomic E-state index is -0.131. The van der Waals surface area contributed by atoms with E-state index in [-0.39, 0.29) is 17.8 Å². The number of hydrogen-bond acceptors (Lipinski definition) is 3. The van der Waals surface area contributed by atoms with E-state index in [0.717, 1.165) is 0 Å². The second-order valence-corrected chi connectivity index (χ2v) is 2.76. The summed E-state index contributed by atoms with van der Waals surface area (Å²) in [6, 6.07) is -0.131. The van der Waals surface area contributed by atoms with E-state index < -0.39 is 0 Å². The normalized spacial score (nSPS) is 12.2. The van der Waals surface area contributed by atoms with Crippen molar-refractivity contribution in [3.8, 4) is 0 Å². The highest BCUT2D eigenvalue weighted by Gasteiger charge is 2.12. The van der Waals surface area contributed by atoms with Crippen LogP contribution in [0.15, 0.2) is 4.99 Å². The van der Waals surface area contributed by atoms with Gasteiger partial charge in [0.15, 0.2) is 5.96 Å². The Labute approximate surface area is 78.6 Å². The van der Waals surface area contributed by atoms with Crippen LogP contribution in [0.25, 0.3) is 0 Å². The lowest BCUT2D eigenvalue weighted by molar-refractivity contribution is -0.120. The Balaban J connectivity index is 3.86. The molecule has 5 N–H and O–H groups in total. The number of carbonyl (C=O) groups excluding carboxylic acids is 1. The molecule has 0 aliphatic rings. The van der Waals surface area contributed by atoms with Crippen LogP contribution in [-0.4, -0.2) is 31.4 Å². The second kappa shape index (κ2) is 6.42. The number of nitrogens with one attached hydrogen (secondary N) is 1. The molecule has 0 saturated carbocycles. The van der Waals surface area contributed by atoms with Crippen LogP contribution < -0.4 is 16.8 Å². The Morgan fingerprint density at radius 1 is 1.54 bits per heavy atom. The minimum Gasteiger partial charge on any atom is -0.370 e. The Hall–Kier alpha value is -1.10. The SMILES string of the molecule is CCC(=O)C(CCN=C(N)N)NC. The molecule has 0 bridgehead atoms. The molecule has 0 aromatic rings. The molecule has 13 heavy (non-hydrogen) atoms. The van der Waals surface area contributed by atoms with E-state index in [9.17, 15) is 4.79 Å². The number of guanidine groups is 1. The van der Waals surface area contributed by atoms with E-state index in [4.69, 9.17) is 11.5 Å². The van der Waals surface area contributed by atoms with E-state index >= 15 is 0 Å². The number of carbonyl (C=O) groups is 1. The molecular formula is C8H18N4O. The first kappa shape index (κ1) is 11.9. The molecule has 0 heterocycles. The van der Waals surface area contributed by atoms with Gasteiger partial charge >= 0.3 is 0 Å². The van der Waals surface area contributed by atoms with Crippen LogP contribution in [0.3, 0.4) is 0 Å². The van der Waals surface area contributed by atoms with Crippen molar-refractivity contribution >= 4 is 11.7 Å². The van der Waals surface area contributed by atoms with Crippen LogP contribution in [0, 0.1) is 0 Å². The van der Waals surface area contributed by atoms with Crippen LogP contribution >= 0.6 is 0 Å². The molecule has 0 aromatic heterocycles. The standard InChI is InChI=1S/C8H18N4O/c1-3-7(13)6(11-2)4-5-12-8(9)10/h6,11H,3-5H2,1-2H3,(H4,9,10,12). The number of Topliss-reactive ketones (excluding diaryl/α,β-unsaturated/α-hetero) is 1. The summed E-state index contributed by atoms with van der Waals surface area (Å²) in [4.78, 5) is 15.1. The molecule has 0 fully saturated rings. The van der Waals surface area contributed by atoms with Gasteiger partial charge in [-0.05, 0) is 13.5 Å². The molecule has 0 radical (unpaired) electrons. The highest BCUT2D eigenvalue weighted by Crippen LogP contribution is 1.96. The fourth-order valence-corrected chi connectivity index (χ4v) is 1.04. The number of rotatable bonds is 6. The van der Waals surface area contributed by atoms with E-state index in [1.165, 1.54) is 0 Å². The summed E-state index contributed by atoms with van der Waals surface area (Å²) in [5.74, 6) is 0.257. The lowest BCUT2D eigenvalue weighted by atomic mass is 10.1. The molecule has 0 aliphatic heterocycles. The molecule has 0 amide bonds. The van der Waals surface area contributed by atoms with Crippen molar-refractivity contribution < 1.29 is 4.79 Å². The summed E-state index contributed by atoms with van der Waals surface area (Å²) in [5, 5.41) is 2.93. The fraction of sp³-hybridized carbons (Fsp3) is 0.750. The molecule has 0 rings (SSSR count). The first-order valence-electron chi connectivity index (χ1n) is 4.37. The van der Waals surface area contributed by atoms with Gasteiger partial charge in [0.05, 0.1) is 6.04 Å². The van der Waals surface area contributed by atoms with Gasteiger partial charge in [0.1, 0.15) is 5.78 Å². The molecule has 1 atom stereocenters. The summed E-state index contributed by atoms with van der Waals surface area (Å²) < 4.78 is 0. The predicted molar refractivity (Wildman–Crippen MR) is 53.4 cm³/mol. The molecule has 0 aliphatic carbocycles. The smallest absolute Gasteiger partial charge is 0.185 e. The third-order valence-electron chi connectivity index (χ3n) is 1.80. The topological polar surface area (TPSA) is 93.5 Å². The summed E-state index contributed by atoms with van der Waals surface area (Å²) in [5.41, 5.74) is 10.3. The number of nitrogens with zero attached hydrogens (tertiary/aromatic N) is 1. The van der Waals surface area contributed by atoms with Crippen molar-refractivity contribution in [3.63, 3.8) is 0 Å². The monoisotopic (exact) mass is 186 g/mol. The van der Waals surface area contributed by atoms with Gasteiger partial charge < -0.3 is 16.8 Å². The molecular weight excluding hydrogens is 168 g/mol. The number of ketones is 1. The number of aliphatic imine (C=N–C) groups is 1. The van der Waals surface area contributed by atoms with Crippen molar-refractivity contribution in [1.29, 1.82) is 0 Å². The lowest BCUT2D eigenvalue weighted by Crippen LogP contribution is -2.34. The van der Waals surface area contributed by atoms with Crippen LogP contribution in [0.4, 0.5) is 0 Å². The van der Waals surface area contributed by atoms with Gasteiger partial charge in [-0.15, -0.1) is 0 Å². The van der Waals surface area contributed by atoms with Crippen molar-refractivity contribution in [1.82, 2.24) is 5.32 Å². The van der Waals surface area contributed by atoms with Gasteiger partial charge in [-0.2, -0.15) is 0 Å². The Kier molecular flexibility index (Phi) is 5.88. The third-order valence-corrected chi connectivity index (χ3v) is 1.80. The quantitative estimate of drug-likeness (QED) is 0.374. The van der Waals surface area contributed by atoms with Crippen LogP contribution in [0.1, 0.15) is 19.8 Å². The maximum atomic E-state index is 11.2. The number of hydrogen-bond donors (Lipinski definition) is 3. The average molecular weight is 186 g/mol. The third kappa shape index (κ3) is 5.19. The summed E-state index contributed by atoms with van der Waals surface area (Å²) in [7, 11) is 1.76. The van der Waals surface area contributed by atoms with Crippen LogP contribution in [0.5, 0.6) is 0 Å². The highest BCUT2D eigenvalue weighted by molar-refractivity contribution is 5.83. The molecule has 5 heteroatoms. The van der Waals surface area contributed by atoms with Crippen molar-refractivity contribution in [2.75, 3.05) is 13.6 Å². The summed E-state index contributed by atoms with van der Waals surface area (Å²) in [6.45, 7) is 2.33. The van der Waals surface area contributed by atoms with Gasteiger partial charge in [0.2, 0.25) is 0 Å². The maximum Gasteiger partial charge on any atom is 0.185 e. The zero-order valence-electron chi connectivity index (χ0n) is 8.21. The predicted octanol–water partition coefficient (Wildman–Crippen LogP) is -0.783. The lowest BCUT2D eigenvalue weighted by Gasteiger charge is -2.11. The van der Waals surface area contributed by atoms with E-state index in [2.05, 4.69) is 10.3 Å². The second-order valence-electron chi connectivity index (χ2n) is 2.76. The molecule has 1 unspecified atom stereocenters. The summed E-state index contributed by atoms with van der Waals surface area (Å²) >= 11 is 0. The molecule has 0 saturated heterocycles. The zero-order valence-corrected chi connectivity index (χ0v) is 8.21. The maximum absolute atomic E-state index is 11.2. The molecule has 76 valence electrons. The van der Waals surface area contributed by atoms with Crippen molar-refractivity contribution in [3.05, 3.63) is 0 Å². The molecule has 0 aromatic carbocycles. The van der Waals surface area contributed by atoms with Gasteiger partial charge in [0, 0.05) is 13.0 Å². The number of likely N-dealkylation sites (N-methyl/N-ethyl adjacent to an activating group) is 1. The van der Waals surface area contributed by atoms with E-state index in [0.29, 0.717) is 19.4 Å². The first-order chi connectivity index (χ1) is 6.11. The first-order valence-corrected chi connectivity index (χ1v) is 4.37. The van der Waals surface area contributed by atoms with Gasteiger partial charge in [-0.1, -0.05) is 6.92 Å². The van der Waals surface area contributed by atoms with Crippen LogP contribution in [-0.2, 0) is 4.79 Å². The molecule has 5 nitrogen and oxygen atoms in total. The van der Waals surface area contributed by atoms with Crippen LogP contribution in [0.2, 0.25) is 0 Å². The summed E-state index contributed by atoms with van der Waals surface area (Å²) in [6.07, 6.45) is 1.18.